The van der Waals surface area contributed by atoms with Crippen molar-refractivity contribution in [1.82, 2.24) is 5.43 Å². The lowest BCUT2D eigenvalue weighted by atomic mass is 10.3. The van der Waals surface area contributed by atoms with Gasteiger partial charge in [-0.05, 0) is 0 Å². The molecule has 0 spiro atoms. The Morgan fingerprint density at radius 3 is 2.54 bits per heavy atom. The van der Waals surface area contributed by atoms with E-state index >= 15 is 0 Å². The first-order valence-corrected chi connectivity index (χ1v) is 4.86. The van der Waals surface area contributed by atoms with Crippen LogP contribution in [-0.4, -0.2) is 45.7 Å². The van der Waals surface area contributed by atoms with E-state index < -0.39 is 0 Å². The second-order valence-electron chi connectivity index (χ2n) is 3.77. The zero-order valence-electron chi connectivity index (χ0n) is 8.23. The van der Waals surface area contributed by atoms with E-state index in [1.807, 2.05) is 0 Å². The van der Waals surface area contributed by atoms with Gasteiger partial charge < -0.3 is 9.80 Å². The molecule has 0 saturated carbocycles. The Balaban J connectivity index is 2.12. The lowest BCUT2D eigenvalue weighted by molar-refractivity contribution is -1.00. The topological polar surface area (TPSA) is 64.0 Å². The molecule has 0 aliphatic carbocycles. The van der Waals surface area contributed by atoms with Crippen LogP contribution in [0.2, 0.25) is 0 Å². The van der Waals surface area contributed by atoms with E-state index in [4.69, 9.17) is 5.84 Å². The smallest absolute Gasteiger partial charge is 0.239 e. The lowest BCUT2D eigenvalue weighted by Crippen LogP contribution is -3.27. The molecular formula is C8H20N4O+2. The Kier molecular flexibility index (Phi) is 4.14. The maximum Gasteiger partial charge on any atom is 0.239 e. The second kappa shape index (κ2) is 5.16. The Bertz CT molecular complexity index is 166. The van der Waals surface area contributed by atoms with E-state index in [0.717, 1.165) is 6.54 Å². The van der Waals surface area contributed by atoms with Crippen LogP contribution in [0.3, 0.4) is 0 Å². The molecule has 0 radical (unpaired) electrons. The van der Waals surface area contributed by atoms with E-state index in [0.29, 0.717) is 6.42 Å². The number of nitrogens with two attached hydrogens (primary N) is 1. The third-order valence-corrected chi connectivity index (χ3v) is 2.68. The lowest BCUT2D eigenvalue weighted by Gasteiger charge is -2.26. The molecule has 1 heterocycles. The molecule has 76 valence electrons. The Morgan fingerprint density at radius 1 is 1.38 bits per heavy atom. The van der Waals surface area contributed by atoms with Crippen molar-refractivity contribution in [3.63, 3.8) is 0 Å². The molecule has 0 aromatic rings. The molecule has 1 rings (SSSR count). The third kappa shape index (κ3) is 3.71. The summed E-state index contributed by atoms with van der Waals surface area (Å²) in [6.45, 7) is 5.67. The number of nitrogens with one attached hydrogen (secondary N) is 3. The van der Waals surface area contributed by atoms with Crippen LogP contribution in [-0.2, 0) is 4.79 Å². The van der Waals surface area contributed by atoms with E-state index in [1.54, 1.807) is 4.90 Å². The predicted molar refractivity (Wildman–Crippen MR) is 49.1 cm³/mol. The summed E-state index contributed by atoms with van der Waals surface area (Å²) in [5.74, 6) is 4.94. The first kappa shape index (κ1) is 10.4. The molecule has 13 heavy (non-hydrogen) atoms. The van der Waals surface area contributed by atoms with Gasteiger partial charge >= 0.3 is 0 Å². The van der Waals surface area contributed by atoms with Crippen LogP contribution >= 0.6 is 0 Å². The first-order valence-electron chi connectivity index (χ1n) is 4.86. The number of hydrazine groups is 1. The highest BCUT2D eigenvalue weighted by Gasteiger charge is 2.19. The summed E-state index contributed by atoms with van der Waals surface area (Å²) in [4.78, 5) is 14.0. The Morgan fingerprint density at radius 2 is 2.00 bits per heavy atom. The van der Waals surface area contributed by atoms with Crippen molar-refractivity contribution in [3.05, 3.63) is 0 Å². The molecule has 0 aromatic heterocycles. The number of hydrogen-bond donors (Lipinski definition) is 4. The van der Waals surface area contributed by atoms with Gasteiger partial charge in [0, 0.05) is 0 Å². The quantitative estimate of drug-likeness (QED) is 0.206. The average molecular weight is 188 g/mol. The molecule has 5 heteroatoms. The summed E-state index contributed by atoms with van der Waals surface area (Å²) in [5.41, 5.74) is 2.16. The van der Waals surface area contributed by atoms with Gasteiger partial charge in [0.25, 0.3) is 0 Å². The summed E-state index contributed by atoms with van der Waals surface area (Å²) in [6.07, 6.45) is 0.547. The van der Waals surface area contributed by atoms with Crippen molar-refractivity contribution in [2.45, 2.75) is 6.42 Å². The predicted octanol–water partition coefficient (Wildman–Crippen LogP) is -4.22. The van der Waals surface area contributed by atoms with Gasteiger partial charge in [-0.2, -0.15) is 0 Å². The maximum absolute atomic E-state index is 10.9. The molecule has 0 aromatic carbocycles. The van der Waals surface area contributed by atoms with Crippen LogP contribution in [0.1, 0.15) is 6.42 Å². The second-order valence-corrected chi connectivity index (χ2v) is 3.77. The van der Waals surface area contributed by atoms with Gasteiger partial charge in [0.2, 0.25) is 5.91 Å². The number of rotatable bonds is 3. The molecule has 0 unspecified atom stereocenters. The summed E-state index contributed by atoms with van der Waals surface area (Å²) in [5, 5.41) is 0. The van der Waals surface area contributed by atoms with Crippen LogP contribution in [0.5, 0.6) is 0 Å². The third-order valence-electron chi connectivity index (χ3n) is 2.68. The van der Waals surface area contributed by atoms with Crippen molar-refractivity contribution in [3.8, 4) is 0 Å². The molecule has 5 N–H and O–H groups in total. The SMILES string of the molecule is C[NH+]1CC[NH+](CCC(=O)NN)CC1. The summed E-state index contributed by atoms with van der Waals surface area (Å²) in [7, 11) is 2.21. The number of likely N-dealkylation sites (N-methyl/N-ethyl adjacent to an activating group) is 1. The van der Waals surface area contributed by atoms with Gasteiger partial charge in [-0.15, -0.1) is 0 Å². The first-order chi connectivity index (χ1) is 6.22. The zero-order chi connectivity index (χ0) is 9.68. The minimum atomic E-state index is -0.0567. The zero-order valence-corrected chi connectivity index (χ0v) is 8.23. The fourth-order valence-corrected chi connectivity index (χ4v) is 1.64. The van der Waals surface area contributed by atoms with Crippen LogP contribution in [0.25, 0.3) is 0 Å². The van der Waals surface area contributed by atoms with Crippen LogP contribution in [0.15, 0.2) is 0 Å². The van der Waals surface area contributed by atoms with Crippen LogP contribution < -0.4 is 21.1 Å². The number of piperazine rings is 1. The standard InChI is InChI=1S/C8H18N4O/c1-11-4-6-12(7-5-11)3-2-8(13)10-9/h2-7,9H2,1H3,(H,10,13)/p+2. The fourth-order valence-electron chi connectivity index (χ4n) is 1.64. The van der Waals surface area contributed by atoms with Crippen molar-refractivity contribution in [2.24, 2.45) is 5.84 Å². The number of carbonyl (C=O) groups is 1. The van der Waals surface area contributed by atoms with Gasteiger partial charge in [0.15, 0.2) is 0 Å². The fraction of sp³-hybridized carbons (Fsp3) is 0.875. The Hall–Kier alpha value is -0.650. The van der Waals surface area contributed by atoms with Crippen molar-refractivity contribution in [1.29, 1.82) is 0 Å². The maximum atomic E-state index is 10.9. The molecule has 1 aliphatic rings. The van der Waals surface area contributed by atoms with Gasteiger partial charge in [-0.1, -0.05) is 0 Å². The average Bonchev–Trinajstić information content (AvgIpc) is 2.16. The highest BCUT2D eigenvalue weighted by atomic mass is 16.2. The van der Waals surface area contributed by atoms with Gasteiger partial charge in [-0.3, -0.25) is 10.2 Å². The van der Waals surface area contributed by atoms with Crippen LogP contribution in [0.4, 0.5) is 0 Å². The largest absolute Gasteiger partial charge is 0.328 e. The van der Waals surface area contributed by atoms with Crippen LogP contribution in [0, 0.1) is 0 Å². The molecule has 5 nitrogen and oxygen atoms in total. The van der Waals surface area contributed by atoms with Gasteiger partial charge in [0.1, 0.15) is 26.2 Å². The molecule has 1 aliphatic heterocycles. The molecule has 1 fully saturated rings. The van der Waals surface area contributed by atoms with E-state index in [-0.39, 0.29) is 5.91 Å². The van der Waals surface area contributed by atoms with Gasteiger partial charge in [0.05, 0.1) is 20.0 Å². The highest BCUT2D eigenvalue weighted by molar-refractivity contribution is 5.75. The number of carbonyl (C=O) groups excluding carboxylic acids is 1. The summed E-state index contributed by atoms with van der Waals surface area (Å²) in [6, 6.07) is 0. The highest BCUT2D eigenvalue weighted by Crippen LogP contribution is 1.71. The minimum Gasteiger partial charge on any atom is -0.328 e. The normalized spacial score (nSPS) is 28.5. The number of hydrogen-bond acceptors (Lipinski definition) is 2. The Labute approximate surface area is 78.8 Å². The number of amides is 1. The molecule has 1 saturated heterocycles. The monoisotopic (exact) mass is 188 g/mol. The van der Waals surface area contributed by atoms with E-state index in [2.05, 4.69) is 12.5 Å². The molecule has 0 atom stereocenters. The molecular weight excluding hydrogens is 168 g/mol. The molecule has 0 bridgehead atoms. The molecule has 1 amide bonds. The van der Waals surface area contributed by atoms with Gasteiger partial charge in [-0.25, -0.2) is 5.84 Å². The van der Waals surface area contributed by atoms with Crippen molar-refractivity contribution < 1.29 is 14.6 Å². The van der Waals surface area contributed by atoms with E-state index in [9.17, 15) is 4.79 Å². The summed E-state index contributed by atoms with van der Waals surface area (Å²) < 4.78 is 0. The number of quaternary nitrogens is 2. The van der Waals surface area contributed by atoms with Crippen molar-refractivity contribution >= 4 is 5.91 Å². The van der Waals surface area contributed by atoms with E-state index in [1.165, 1.54) is 31.1 Å². The minimum absolute atomic E-state index is 0.0567. The summed E-state index contributed by atoms with van der Waals surface area (Å²) >= 11 is 0. The van der Waals surface area contributed by atoms with Crippen molar-refractivity contribution in [2.75, 3.05) is 39.8 Å².